The number of guanidine groups is 1. The van der Waals surface area contributed by atoms with Gasteiger partial charge in [0.2, 0.25) is 0 Å². The van der Waals surface area contributed by atoms with Crippen LogP contribution in [0.5, 0.6) is 0 Å². The van der Waals surface area contributed by atoms with Crippen molar-refractivity contribution in [1.29, 1.82) is 0 Å². The lowest BCUT2D eigenvalue weighted by molar-refractivity contribution is 0.192. The van der Waals surface area contributed by atoms with Crippen LogP contribution in [0.15, 0.2) is 4.99 Å². The highest BCUT2D eigenvalue weighted by molar-refractivity contribution is 7.91. The van der Waals surface area contributed by atoms with Crippen LogP contribution in [0.4, 0.5) is 0 Å². The SMILES string of the molecule is CN(C)CCN1C(N)=NCC12CCCC2S(C)(=O)=O. The minimum atomic E-state index is -3.07. The molecule has 19 heavy (non-hydrogen) atoms. The molecule has 7 heteroatoms. The number of rotatable bonds is 4. The summed E-state index contributed by atoms with van der Waals surface area (Å²) in [5, 5.41) is -0.341. The van der Waals surface area contributed by atoms with E-state index in [-0.39, 0.29) is 5.25 Å². The fourth-order valence-electron chi connectivity index (χ4n) is 3.38. The summed E-state index contributed by atoms with van der Waals surface area (Å²) in [6.45, 7) is 2.09. The first-order chi connectivity index (χ1) is 8.77. The fraction of sp³-hybridized carbons (Fsp3) is 0.917. The van der Waals surface area contributed by atoms with Crippen molar-refractivity contribution < 1.29 is 8.42 Å². The molecule has 0 aromatic rings. The summed E-state index contributed by atoms with van der Waals surface area (Å²) < 4.78 is 24.1. The number of sulfone groups is 1. The van der Waals surface area contributed by atoms with Gasteiger partial charge in [-0.3, -0.25) is 4.99 Å². The Morgan fingerprint density at radius 3 is 2.79 bits per heavy atom. The molecule has 2 aliphatic rings. The monoisotopic (exact) mass is 288 g/mol. The van der Waals surface area contributed by atoms with Gasteiger partial charge in [0.25, 0.3) is 0 Å². The highest BCUT2D eigenvalue weighted by atomic mass is 32.2. The molecule has 0 bridgehead atoms. The second-order valence-electron chi connectivity index (χ2n) is 5.94. The van der Waals surface area contributed by atoms with E-state index in [9.17, 15) is 8.42 Å². The first kappa shape index (κ1) is 14.6. The Balaban J connectivity index is 2.26. The summed E-state index contributed by atoms with van der Waals surface area (Å²) in [5.41, 5.74) is 5.59. The van der Waals surface area contributed by atoms with Crippen molar-refractivity contribution in [2.75, 3.05) is 40.0 Å². The van der Waals surface area contributed by atoms with Gasteiger partial charge < -0.3 is 15.5 Å². The molecule has 1 saturated carbocycles. The van der Waals surface area contributed by atoms with E-state index < -0.39 is 15.4 Å². The van der Waals surface area contributed by atoms with Crippen LogP contribution >= 0.6 is 0 Å². The van der Waals surface area contributed by atoms with Crippen LogP contribution in [0.1, 0.15) is 19.3 Å². The van der Waals surface area contributed by atoms with Gasteiger partial charge in [0.15, 0.2) is 15.8 Å². The quantitative estimate of drug-likeness (QED) is 0.755. The minimum Gasteiger partial charge on any atom is -0.370 e. The van der Waals surface area contributed by atoms with Crippen molar-refractivity contribution in [2.45, 2.75) is 30.1 Å². The summed E-state index contributed by atoms with van der Waals surface area (Å²) in [6.07, 6.45) is 3.85. The van der Waals surface area contributed by atoms with Gasteiger partial charge in [-0.15, -0.1) is 0 Å². The van der Waals surface area contributed by atoms with Crippen molar-refractivity contribution >= 4 is 15.8 Å². The molecule has 0 amide bonds. The van der Waals surface area contributed by atoms with Gasteiger partial charge >= 0.3 is 0 Å². The zero-order valence-electron chi connectivity index (χ0n) is 12.0. The average Bonchev–Trinajstić information content (AvgIpc) is 2.82. The van der Waals surface area contributed by atoms with Crippen LogP contribution in [0.3, 0.4) is 0 Å². The molecule has 0 aromatic heterocycles. The fourth-order valence-corrected chi connectivity index (χ4v) is 5.09. The molecular formula is C12H24N4O2S. The lowest BCUT2D eigenvalue weighted by Crippen LogP contribution is -2.59. The molecule has 1 aliphatic carbocycles. The number of aliphatic imine (C=N–C) groups is 1. The van der Waals surface area contributed by atoms with E-state index in [0.717, 1.165) is 32.4 Å². The average molecular weight is 288 g/mol. The third-order valence-corrected chi connectivity index (χ3v) is 6.00. The Labute approximate surface area is 115 Å². The molecule has 110 valence electrons. The molecule has 2 rings (SSSR count). The van der Waals surface area contributed by atoms with Crippen molar-refractivity contribution in [3.63, 3.8) is 0 Å². The van der Waals surface area contributed by atoms with Crippen LogP contribution in [0, 0.1) is 0 Å². The highest BCUT2D eigenvalue weighted by Crippen LogP contribution is 2.42. The summed E-state index contributed by atoms with van der Waals surface area (Å²) in [4.78, 5) is 8.44. The molecule has 0 aromatic carbocycles. The second kappa shape index (κ2) is 4.94. The van der Waals surface area contributed by atoms with E-state index in [1.54, 1.807) is 0 Å². The zero-order valence-corrected chi connectivity index (χ0v) is 12.8. The summed E-state index contributed by atoms with van der Waals surface area (Å²) >= 11 is 0. The summed E-state index contributed by atoms with van der Waals surface area (Å²) in [5.74, 6) is 0.498. The number of likely N-dealkylation sites (N-methyl/N-ethyl adjacent to an activating group) is 1. The molecule has 6 nitrogen and oxygen atoms in total. The Morgan fingerprint density at radius 1 is 1.53 bits per heavy atom. The Bertz CT molecular complexity index is 474. The number of hydrogen-bond acceptors (Lipinski definition) is 6. The first-order valence-electron chi connectivity index (χ1n) is 6.68. The van der Waals surface area contributed by atoms with Crippen LogP contribution in [-0.2, 0) is 9.84 Å². The Morgan fingerprint density at radius 2 is 2.21 bits per heavy atom. The van der Waals surface area contributed by atoms with Gasteiger partial charge in [0, 0.05) is 19.3 Å². The van der Waals surface area contributed by atoms with Crippen molar-refractivity contribution in [1.82, 2.24) is 9.80 Å². The zero-order chi connectivity index (χ0) is 14.3. The van der Waals surface area contributed by atoms with Gasteiger partial charge in [-0.1, -0.05) is 0 Å². The first-order valence-corrected chi connectivity index (χ1v) is 8.64. The van der Waals surface area contributed by atoms with Crippen LogP contribution in [0.2, 0.25) is 0 Å². The minimum absolute atomic E-state index is 0.341. The molecular weight excluding hydrogens is 264 g/mol. The van der Waals surface area contributed by atoms with E-state index in [0.29, 0.717) is 12.5 Å². The predicted molar refractivity (Wildman–Crippen MR) is 77.0 cm³/mol. The van der Waals surface area contributed by atoms with E-state index in [4.69, 9.17) is 5.73 Å². The third kappa shape index (κ3) is 2.58. The van der Waals surface area contributed by atoms with Crippen LogP contribution < -0.4 is 5.73 Å². The Hall–Kier alpha value is -0.820. The molecule has 1 heterocycles. The van der Waals surface area contributed by atoms with Gasteiger partial charge in [0.05, 0.1) is 17.3 Å². The normalized spacial score (nSPS) is 31.5. The van der Waals surface area contributed by atoms with Gasteiger partial charge in [-0.25, -0.2) is 8.42 Å². The van der Waals surface area contributed by atoms with Crippen LogP contribution in [-0.4, -0.2) is 75.0 Å². The molecule has 1 fully saturated rings. The molecule has 0 radical (unpaired) electrons. The van der Waals surface area contributed by atoms with Gasteiger partial charge in [-0.2, -0.15) is 0 Å². The molecule has 1 aliphatic heterocycles. The predicted octanol–water partition coefficient (Wildman–Crippen LogP) is -0.486. The number of nitrogens with zero attached hydrogens (tertiary/aromatic N) is 3. The maximum absolute atomic E-state index is 12.1. The smallest absolute Gasteiger partial charge is 0.191 e. The maximum Gasteiger partial charge on any atom is 0.191 e. The van der Waals surface area contributed by atoms with E-state index in [1.807, 2.05) is 19.0 Å². The molecule has 1 spiro atoms. The third-order valence-electron chi connectivity index (χ3n) is 4.29. The van der Waals surface area contributed by atoms with Crippen molar-refractivity contribution in [2.24, 2.45) is 10.7 Å². The van der Waals surface area contributed by atoms with E-state index >= 15 is 0 Å². The molecule has 2 N–H and O–H groups in total. The largest absolute Gasteiger partial charge is 0.370 e. The van der Waals surface area contributed by atoms with Gasteiger partial charge in [0.1, 0.15) is 0 Å². The van der Waals surface area contributed by atoms with E-state index in [1.165, 1.54) is 6.26 Å². The lowest BCUT2D eigenvalue weighted by atomic mass is 9.96. The second-order valence-corrected chi connectivity index (χ2v) is 8.17. The standard InChI is InChI=1S/C12H24N4O2S/c1-15(2)7-8-16-11(13)14-9-12(16)6-4-5-10(12)19(3,17)18/h10H,4-9H2,1-3H3,(H2,13,14). The summed E-state index contributed by atoms with van der Waals surface area (Å²) in [7, 11) is 0.924. The van der Waals surface area contributed by atoms with Crippen LogP contribution in [0.25, 0.3) is 0 Å². The lowest BCUT2D eigenvalue weighted by Gasteiger charge is -2.40. The van der Waals surface area contributed by atoms with Crippen molar-refractivity contribution in [3.05, 3.63) is 0 Å². The topological polar surface area (TPSA) is 79.0 Å². The maximum atomic E-state index is 12.1. The molecule has 0 saturated heterocycles. The Kier molecular flexibility index (Phi) is 3.79. The molecule has 2 atom stereocenters. The van der Waals surface area contributed by atoms with Crippen molar-refractivity contribution in [3.8, 4) is 0 Å². The number of nitrogens with two attached hydrogens (primary N) is 1. The highest BCUT2D eigenvalue weighted by Gasteiger charge is 2.54. The van der Waals surface area contributed by atoms with Gasteiger partial charge in [-0.05, 0) is 33.4 Å². The molecule has 2 unspecified atom stereocenters. The van der Waals surface area contributed by atoms with E-state index in [2.05, 4.69) is 9.89 Å². The number of hydrogen-bond donors (Lipinski definition) is 1. The summed E-state index contributed by atoms with van der Waals surface area (Å²) in [6, 6.07) is 0.